The van der Waals surface area contributed by atoms with Crippen LogP contribution in [-0.4, -0.2) is 50.3 Å². The molecule has 2 rings (SSSR count). The largest absolute Gasteiger partial charge is 0.378 e. The summed E-state index contributed by atoms with van der Waals surface area (Å²) in [4.78, 5) is 1.85. The van der Waals surface area contributed by atoms with E-state index in [0.717, 1.165) is 13.0 Å². The minimum Gasteiger partial charge on any atom is -0.378 e. The Morgan fingerprint density at radius 2 is 2.10 bits per heavy atom. The van der Waals surface area contributed by atoms with Gasteiger partial charge in [-0.3, -0.25) is 4.90 Å². The highest BCUT2D eigenvalue weighted by molar-refractivity contribution is 5.20. The maximum Gasteiger partial charge on any atom is 0.285 e. The number of morpholine rings is 1. The lowest BCUT2D eigenvalue weighted by Gasteiger charge is -2.37. The van der Waals surface area contributed by atoms with Gasteiger partial charge in [0.25, 0.3) is 5.92 Å². The molecule has 1 aromatic carbocycles. The normalized spacial score (nSPS) is 20.6. The van der Waals surface area contributed by atoms with Gasteiger partial charge in [0, 0.05) is 24.7 Å². The van der Waals surface area contributed by atoms with Gasteiger partial charge >= 0.3 is 0 Å². The van der Waals surface area contributed by atoms with E-state index in [0.29, 0.717) is 26.3 Å². The Hall–Kier alpha value is -1.04. The highest BCUT2D eigenvalue weighted by Crippen LogP contribution is 2.29. The van der Waals surface area contributed by atoms with Crippen molar-refractivity contribution in [1.82, 2.24) is 10.2 Å². The maximum absolute atomic E-state index is 14.4. The van der Waals surface area contributed by atoms with Crippen molar-refractivity contribution in [2.45, 2.75) is 25.3 Å². The molecule has 1 fully saturated rings. The molecule has 3 nitrogen and oxygen atoms in total. The van der Waals surface area contributed by atoms with Crippen molar-refractivity contribution in [2.75, 3.05) is 39.4 Å². The molecule has 0 radical (unpaired) electrons. The Balaban J connectivity index is 1.97. The van der Waals surface area contributed by atoms with Crippen LogP contribution in [0.5, 0.6) is 0 Å². The van der Waals surface area contributed by atoms with Gasteiger partial charge in [0.1, 0.15) is 0 Å². The predicted octanol–water partition coefficient (Wildman–Crippen LogP) is 2.48. The molecule has 1 aliphatic heterocycles. The zero-order valence-electron chi connectivity index (χ0n) is 12.5. The van der Waals surface area contributed by atoms with E-state index in [1.165, 1.54) is 12.1 Å². The van der Waals surface area contributed by atoms with Gasteiger partial charge in [-0.05, 0) is 13.0 Å². The first-order valence-electron chi connectivity index (χ1n) is 7.59. The van der Waals surface area contributed by atoms with Gasteiger partial charge in [-0.15, -0.1) is 0 Å². The fraction of sp³-hybridized carbons (Fsp3) is 0.625. The van der Waals surface area contributed by atoms with Crippen molar-refractivity contribution in [3.63, 3.8) is 0 Å². The van der Waals surface area contributed by atoms with Gasteiger partial charge in [0.05, 0.1) is 19.8 Å². The summed E-state index contributed by atoms with van der Waals surface area (Å²) in [7, 11) is 0. The average molecular weight is 298 g/mol. The number of benzene rings is 1. The van der Waals surface area contributed by atoms with E-state index in [1.807, 2.05) is 4.90 Å². The first-order valence-corrected chi connectivity index (χ1v) is 7.59. The molecule has 0 saturated carbocycles. The minimum absolute atomic E-state index is 0.0138. The highest BCUT2D eigenvalue weighted by Gasteiger charge is 2.37. The summed E-state index contributed by atoms with van der Waals surface area (Å²) in [6.07, 6.45) is 1.04. The molecule has 1 N–H and O–H groups in total. The van der Waals surface area contributed by atoms with Gasteiger partial charge < -0.3 is 10.1 Å². The minimum atomic E-state index is -2.83. The average Bonchev–Trinajstić information content (AvgIpc) is 2.50. The lowest BCUT2D eigenvalue weighted by atomic mass is 10.1. The molecule has 0 aromatic heterocycles. The second kappa shape index (κ2) is 7.82. The highest BCUT2D eigenvalue weighted by atomic mass is 19.3. The summed E-state index contributed by atoms with van der Waals surface area (Å²) in [6.45, 7) is 5.03. The fourth-order valence-electron chi connectivity index (χ4n) is 2.56. The van der Waals surface area contributed by atoms with E-state index in [9.17, 15) is 8.78 Å². The van der Waals surface area contributed by atoms with Gasteiger partial charge in [0.15, 0.2) is 0 Å². The van der Waals surface area contributed by atoms with Gasteiger partial charge in [-0.1, -0.05) is 37.3 Å². The number of hydrogen-bond donors (Lipinski definition) is 1. The monoisotopic (exact) mass is 298 g/mol. The van der Waals surface area contributed by atoms with Crippen LogP contribution in [-0.2, 0) is 10.7 Å². The van der Waals surface area contributed by atoms with Gasteiger partial charge in [-0.2, -0.15) is 8.78 Å². The Morgan fingerprint density at radius 1 is 1.33 bits per heavy atom. The van der Waals surface area contributed by atoms with Crippen molar-refractivity contribution in [3.8, 4) is 0 Å². The summed E-state index contributed by atoms with van der Waals surface area (Å²) >= 11 is 0. The molecular weight excluding hydrogens is 274 g/mol. The number of nitrogens with zero attached hydrogens (tertiary/aromatic N) is 1. The second-order valence-electron chi connectivity index (χ2n) is 5.47. The smallest absolute Gasteiger partial charge is 0.285 e. The third-order valence-electron chi connectivity index (χ3n) is 3.75. The second-order valence-corrected chi connectivity index (χ2v) is 5.47. The molecule has 21 heavy (non-hydrogen) atoms. The van der Waals surface area contributed by atoms with Crippen molar-refractivity contribution >= 4 is 0 Å². The molecule has 0 amide bonds. The molecule has 5 heteroatoms. The summed E-state index contributed by atoms with van der Waals surface area (Å²) in [5.41, 5.74) is 0.0803. The molecule has 1 saturated heterocycles. The van der Waals surface area contributed by atoms with E-state index < -0.39 is 5.92 Å². The molecule has 118 valence electrons. The van der Waals surface area contributed by atoms with Crippen LogP contribution in [0.1, 0.15) is 18.9 Å². The SMILES string of the molecule is CCCNCC1COCCN1CC(F)(F)c1ccccc1. The summed E-state index contributed by atoms with van der Waals surface area (Å²) in [5, 5.41) is 3.29. The van der Waals surface area contributed by atoms with Crippen molar-refractivity contribution < 1.29 is 13.5 Å². The lowest BCUT2D eigenvalue weighted by molar-refractivity contribution is -0.0830. The van der Waals surface area contributed by atoms with Crippen LogP contribution in [0.2, 0.25) is 0 Å². The Kier molecular flexibility index (Phi) is 6.08. The summed E-state index contributed by atoms with van der Waals surface area (Å²) < 4.78 is 34.2. The third kappa shape index (κ3) is 4.73. The first-order chi connectivity index (χ1) is 10.1. The lowest BCUT2D eigenvalue weighted by Crippen LogP contribution is -2.53. The molecule has 1 heterocycles. The maximum atomic E-state index is 14.4. The molecule has 1 unspecified atom stereocenters. The van der Waals surface area contributed by atoms with E-state index in [1.54, 1.807) is 18.2 Å². The van der Waals surface area contributed by atoms with Crippen LogP contribution in [0, 0.1) is 0 Å². The Morgan fingerprint density at radius 3 is 2.81 bits per heavy atom. The summed E-state index contributed by atoms with van der Waals surface area (Å²) in [6, 6.07) is 8.06. The third-order valence-corrected chi connectivity index (χ3v) is 3.75. The zero-order chi connectivity index (χ0) is 15.1. The van der Waals surface area contributed by atoms with Gasteiger partial charge in [-0.25, -0.2) is 0 Å². The number of alkyl halides is 2. The standard InChI is InChI=1S/C16H24F2N2O/c1-2-8-19-11-15-12-21-10-9-20(15)13-16(17,18)14-6-4-3-5-7-14/h3-7,15,19H,2,8-13H2,1H3. The number of ether oxygens (including phenoxy) is 1. The molecule has 1 aromatic rings. The molecule has 0 spiro atoms. The van der Waals surface area contributed by atoms with Gasteiger partial charge in [0.2, 0.25) is 0 Å². The zero-order valence-corrected chi connectivity index (χ0v) is 12.5. The topological polar surface area (TPSA) is 24.5 Å². The molecule has 1 atom stereocenters. The number of hydrogen-bond acceptors (Lipinski definition) is 3. The fourth-order valence-corrected chi connectivity index (χ4v) is 2.56. The molecular formula is C16H24F2N2O. The van der Waals surface area contributed by atoms with Crippen LogP contribution in [0.3, 0.4) is 0 Å². The van der Waals surface area contributed by atoms with Crippen LogP contribution in [0.4, 0.5) is 8.78 Å². The van der Waals surface area contributed by atoms with Crippen LogP contribution in [0.15, 0.2) is 30.3 Å². The van der Waals surface area contributed by atoms with E-state index in [4.69, 9.17) is 4.74 Å². The molecule has 1 aliphatic rings. The molecule has 0 bridgehead atoms. The summed E-state index contributed by atoms with van der Waals surface area (Å²) in [5.74, 6) is -2.83. The Labute approximate surface area is 125 Å². The predicted molar refractivity (Wildman–Crippen MR) is 79.7 cm³/mol. The van der Waals surface area contributed by atoms with Crippen molar-refractivity contribution in [3.05, 3.63) is 35.9 Å². The van der Waals surface area contributed by atoms with E-state index >= 15 is 0 Å². The Bertz CT molecular complexity index is 414. The van der Waals surface area contributed by atoms with Crippen LogP contribution >= 0.6 is 0 Å². The van der Waals surface area contributed by atoms with Crippen LogP contribution in [0.25, 0.3) is 0 Å². The van der Waals surface area contributed by atoms with Crippen molar-refractivity contribution in [1.29, 1.82) is 0 Å². The van der Waals surface area contributed by atoms with E-state index in [-0.39, 0.29) is 18.2 Å². The first kappa shape index (κ1) is 16.3. The number of halogens is 2. The van der Waals surface area contributed by atoms with Crippen LogP contribution < -0.4 is 5.32 Å². The molecule has 0 aliphatic carbocycles. The number of rotatable bonds is 7. The van der Waals surface area contributed by atoms with E-state index in [2.05, 4.69) is 12.2 Å². The van der Waals surface area contributed by atoms with Crippen molar-refractivity contribution in [2.24, 2.45) is 0 Å². The number of nitrogens with one attached hydrogen (secondary N) is 1. The quantitative estimate of drug-likeness (QED) is 0.783.